The molecule has 0 rings (SSSR count). The standard InChI is InChI=1S/C22H41N5O12/c1-2-26(16(13-30)19(34)23-3-9-28)7-5-25(12-18(32)33)6-8-27(11-15(21(36)37)22(38)39)17(14-31)20(35)24-4-10-29/h15-17,28-31H,2-14H2,1H3,(H,23,34)(H,24,35)(H,32,33)(H,36,37)(H,38,39). The first-order chi connectivity index (χ1) is 18.5. The van der Waals surface area contributed by atoms with E-state index in [4.69, 9.17) is 10.2 Å². The lowest BCUT2D eigenvalue weighted by Crippen LogP contribution is -2.55. The molecule has 0 radical (unpaired) electrons. The first-order valence-electron chi connectivity index (χ1n) is 12.3. The van der Waals surface area contributed by atoms with Crippen molar-refractivity contribution < 1.29 is 59.7 Å². The maximum Gasteiger partial charge on any atom is 0.319 e. The van der Waals surface area contributed by atoms with Gasteiger partial charge in [-0.2, -0.15) is 0 Å². The Kier molecular flexibility index (Phi) is 18.5. The number of aliphatic carboxylic acids is 3. The van der Waals surface area contributed by atoms with E-state index in [1.54, 1.807) is 11.8 Å². The Morgan fingerprint density at radius 2 is 1.13 bits per heavy atom. The average molecular weight is 568 g/mol. The summed E-state index contributed by atoms with van der Waals surface area (Å²) in [5.74, 6) is -7.82. The highest BCUT2D eigenvalue weighted by Crippen LogP contribution is 2.09. The fraction of sp³-hybridized carbons (Fsp3) is 0.773. The zero-order valence-corrected chi connectivity index (χ0v) is 21.9. The Labute approximate surface area is 225 Å². The third kappa shape index (κ3) is 13.6. The summed E-state index contributed by atoms with van der Waals surface area (Å²) in [5, 5.41) is 70.2. The van der Waals surface area contributed by atoms with Crippen molar-refractivity contribution in [3.8, 4) is 0 Å². The van der Waals surface area contributed by atoms with E-state index in [1.807, 2.05) is 0 Å². The summed E-state index contributed by atoms with van der Waals surface area (Å²) in [6, 6.07) is -2.35. The van der Waals surface area contributed by atoms with Crippen molar-refractivity contribution in [3.63, 3.8) is 0 Å². The van der Waals surface area contributed by atoms with Crippen molar-refractivity contribution in [2.24, 2.45) is 5.92 Å². The van der Waals surface area contributed by atoms with Gasteiger partial charge in [0.05, 0.1) is 33.0 Å². The quantitative estimate of drug-likeness (QED) is 0.0522. The minimum atomic E-state index is -1.95. The molecule has 17 nitrogen and oxygen atoms in total. The number of amides is 2. The summed E-state index contributed by atoms with van der Waals surface area (Å²) in [4.78, 5) is 63.4. The van der Waals surface area contributed by atoms with Crippen molar-refractivity contribution in [3.05, 3.63) is 0 Å². The highest BCUT2D eigenvalue weighted by Gasteiger charge is 2.34. The van der Waals surface area contributed by atoms with Crippen LogP contribution >= 0.6 is 0 Å². The van der Waals surface area contributed by atoms with Crippen LogP contribution in [0.15, 0.2) is 0 Å². The number of carboxylic acids is 3. The molecule has 0 aromatic carbocycles. The molecule has 2 amide bonds. The normalized spacial score (nSPS) is 13.1. The van der Waals surface area contributed by atoms with E-state index in [2.05, 4.69) is 10.6 Å². The highest BCUT2D eigenvalue weighted by molar-refractivity contribution is 5.93. The number of likely N-dealkylation sites (N-methyl/N-ethyl adjacent to an activating group) is 1. The summed E-state index contributed by atoms with van der Waals surface area (Å²) in [6.45, 7) is -1.52. The molecule has 0 aliphatic carbocycles. The molecule has 0 bridgehead atoms. The molecule has 0 spiro atoms. The molecule has 39 heavy (non-hydrogen) atoms. The Hall–Kier alpha value is -2.93. The second-order valence-corrected chi connectivity index (χ2v) is 8.45. The number of aliphatic hydroxyl groups excluding tert-OH is 4. The lowest BCUT2D eigenvalue weighted by Gasteiger charge is -2.34. The van der Waals surface area contributed by atoms with Crippen molar-refractivity contribution >= 4 is 29.7 Å². The van der Waals surface area contributed by atoms with Gasteiger partial charge in [0, 0.05) is 45.8 Å². The molecule has 0 saturated heterocycles. The lowest BCUT2D eigenvalue weighted by atomic mass is 10.1. The molecular weight excluding hydrogens is 526 g/mol. The van der Waals surface area contributed by atoms with Crippen LogP contribution in [0.4, 0.5) is 0 Å². The van der Waals surface area contributed by atoms with E-state index in [1.165, 1.54) is 4.90 Å². The Morgan fingerprint density at radius 1 is 0.692 bits per heavy atom. The van der Waals surface area contributed by atoms with Gasteiger partial charge in [0.1, 0.15) is 12.1 Å². The Balaban J connectivity index is 5.75. The van der Waals surface area contributed by atoms with Crippen molar-refractivity contribution in [2.75, 3.05) is 85.3 Å². The molecule has 0 saturated carbocycles. The second kappa shape index (κ2) is 20.0. The number of aliphatic hydroxyl groups is 4. The molecule has 0 aliphatic rings. The average Bonchev–Trinajstić information content (AvgIpc) is 2.88. The minimum absolute atomic E-state index is 0.0144. The predicted molar refractivity (Wildman–Crippen MR) is 134 cm³/mol. The van der Waals surface area contributed by atoms with Gasteiger partial charge in [0.25, 0.3) is 0 Å². The van der Waals surface area contributed by atoms with Crippen LogP contribution in [-0.2, 0) is 24.0 Å². The van der Waals surface area contributed by atoms with Crippen LogP contribution < -0.4 is 10.6 Å². The molecule has 0 aromatic heterocycles. The number of nitrogens with zero attached hydrogens (tertiary/aromatic N) is 3. The molecule has 0 fully saturated rings. The van der Waals surface area contributed by atoms with Crippen molar-refractivity contribution in [1.82, 2.24) is 25.3 Å². The van der Waals surface area contributed by atoms with E-state index in [-0.39, 0.29) is 45.9 Å². The maximum absolute atomic E-state index is 12.5. The van der Waals surface area contributed by atoms with Crippen LogP contribution in [0, 0.1) is 5.92 Å². The molecule has 226 valence electrons. The molecule has 2 unspecified atom stereocenters. The number of carboxylic acid groups (broad SMARTS) is 3. The third-order valence-electron chi connectivity index (χ3n) is 5.84. The SMILES string of the molecule is CCN(CCN(CCN(CC(C(=O)O)C(=O)O)C(CO)C(=O)NCCO)CC(=O)O)C(CO)C(=O)NCCO. The molecule has 0 aromatic rings. The van der Waals surface area contributed by atoms with Gasteiger partial charge in [-0.15, -0.1) is 0 Å². The van der Waals surface area contributed by atoms with E-state index < -0.39 is 80.6 Å². The minimum Gasteiger partial charge on any atom is -0.481 e. The largest absolute Gasteiger partial charge is 0.481 e. The first-order valence-corrected chi connectivity index (χ1v) is 12.3. The predicted octanol–water partition coefficient (Wildman–Crippen LogP) is -5.28. The van der Waals surface area contributed by atoms with Crippen LogP contribution in [-0.4, -0.2) is 178 Å². The summed E-state index contributed by atoms with van der Waals surface area (Å²) < 4.78 is 0. The molecule has 2 atom stereocenters. The summed E-state index contributed by atoms with van der Waals surface area (Å²) in [6.07, 6.45) is 0. The molecule has 0 heterocycles. The van der Waals surface area contributed by atoms with Gasteiger partial charge < -0.3 is 46.4 Å². The number of nitrogens with one attached hydrogen (secondary N) is 2. The monoisotopic (exact) mass is 567 g/mol. The third-order valence-corrected chi connectivity index (χ3v) is 5.84. The van der Waals surface area contributed by atoms with E-state index >= 15 is 0 Å². The van der Waals surface area contributed by atoms with Crippen LogP contribution in [0.5, 0.6) is 0 Å². The number of carbonyl (C=O) groups excluding carboxylic acids is 2. The number of rotatable bonds is 23. The fourth-order valence-electron chi connectivity index (χ4n) is 3.73. The van der Waals surface area contributed by atoms with Crippen molar-refractivity contribution in [1.29, 1.82) is 0 Å². The molecular formula is C22H41N5O12. The smallest absolute Gasteiger partial charge is 0.319 e. The maximum atomic E-state index is 12.5. The van der Waals surface area contributed by atoms with Crippen LogP contribution in [0.25, 0.3) is 0 Å². The van der Waals surface area contributed by atoms with Gasteiger partial charge in [-0.1, -0.05) is 6.92 Å². The zero-order valence-electron chi connectivity index (χ0n) is 21.9. The van der Waals surface area contributed by atoms with Gasteiger partial charge in [0.2, 0.25) is 11.8 Å². The van der Waals surface area contributed by atoms with Crippen LogP contribution in [0.3, 0.4) is 0 Å². The second-order valence-electron chi connectivity index (χ2n) is 8.45. The molecule has 9 N–H and O–H groups in total. The lowest BCUT2D eigenvalue weighted by molar-refractivity contribution is -0.156. The van der Waals surface area contributed by atoms with Gasteiger partial charge in [0.15, 0.2) is 5.92 Å². The van der Waals surface area contributed by atoms with Crippen molar-refractivity contribution in [2.45, 2.75) is 19.0 Å². The Bertz CT molecular complexity index is 773. The first kappa shape index (κ1) is 36.1. The van der Waals surface area contributed by atoms with E-state index in [9.17, 15) is 49.5 Å². The topological polar surface area (TPSA) is 261 Å². The number of carbonyl (C=O) groups is 5. The number of hydrogen-bond donors (Lipinski definition) is 9. The van der Waals surface area contributed by atoms with E-state index in [0.29, 0.717) is 6.54 Å². The van der Waals surface area contributed by atoms with Crippen LogP contribution in [0.2, 0.25) is 0 Å². The molecule has 17 heteroatoms. The van der Waals surface area contributed by atoms with E-state index in [0.717, 1.165) is 4.90 Å². The highest BCUT2D eigenvalue weighted by atomic mass is 16.4. The Morgan fingerprint density at radius 3 is 1.49 bits per heavy atom. The van der Waals surface area contributed by atoms with Crippen LogP contribution in [0.1, 0.15) is 6.92 Å². The van der Waals surface area contributed by atoms with Gasteiger partial charge in [-0.25, -0.2) is 0 Å². The summed E-state index contributed by atoms with van der Waals surface area (Å²) >= 11 is 0. The fourth-order valence-corrected chi connectivity index (χ4v) is 3.73. The van der Waals surface area contributed by atoms with Gasteiger partial charge in [-0.05, 0) is 6.54 Å². The number of hydrogen-bond acceptors (Lipinski definition) is 12. The summed E-state index contributed by atoms with van der Waals surface area (Å²) in [7, 11) is 0. The zero-order chi connectivity index (χ0) is 30.0. The summed E-state index contributed by atoms with van der Waals surface area (Å²) in [5.41, 5.74) is 0. The molecule has 0 aliphatic heterocycles. The van der Waals surface area contributed by atoms with Gasteiger partial charge in [-0.3, -0.25) is 38.7 Å². The van der Waals surface area contributed by atoms with Gasteiger partial charge >= 0.3 is 17.9 Å².